The number of rotatable bonds is 9. The summed E-state index contributed by atoms with van der Waals surface area (Å²) >= 11 is 6.28. The molecule has 1 N–H and O–H groups in total. The molecule has 2 heterocycles. The largest absolute Gasteiger partial charge is 0.468 e. The first-order valence-electron chi connectivity index (χ1n) is 12.9. The van der Waals surface area contributed by atoms with Crippen molar-refractivity contribution in [2.45, 2.75) is 32.4 Å². The summed E-state index contributed by atoms with van der Waals surface area (Å²) in [5.74, 6) is -0.493. The van der Waals surface area contributed by atoms with Crippen LogP contribution in [-0.2, 0) is 16.0 Å². The maximum Gasteiger partial charge on any atom is 0.268 e. The highest BCUT2D eigenvalue weighted by atomic mass is 35.5. The van der Waals surface area contributed by atoms with Gasteiger partial charge in [-0.1, -0.05) is 59.6 Å². The van der Waals surface area contributed by atoms with E-state index in [1.807, 2.05) is 49.4 Å². The van der Waals surface area contributed by atoms with Crippen LogP contribution in [0.3, 0.4) is 0 Å². The number of amides is 1. The number of halogens is 1. The Kier molecular flexibility index (Phi) is 8.09. The molecule has 0 radical (unpaired) electrons. The van der Waals surface area contributed by atoms with Crippen molar-refractivity contribution in [2.75, 3.05) is 18.5 Å². The Morgan fingerprint density at radius 1 is 1.05 bits per heavy atom. The van der Waals surface area contributed by atoms with Gasteiger partial charge in [0.15, 0.2) is 5.78 Å². The van der Waals surface area contributed by atoms with Crippen molar-refractivity contribution in [1.82, 2.24) is 9.78 Å². The molecule has 1 aliphatic heterocycles. The molecule has 0 spiro atoms. The van der Waals surface area contributed by atoms with Crippen molar-refractivity contribution in [3.05, 3.63) is 111 Å². The molecule has 1 aromatic heterocycles. The molecule has 1 amide bonds. The first-order chi connectivity index (χ1) is 19.3. The number of carbonyl (C=O) groups excluding carboxylic acids is 2. The third kappa shape index (κ3) is 6.14. The number of aryl methyl sites for hydroxylation is 1. The molecular formula is C31H28ClN3O5. The van der Waals surface area contributed by atoms with Crippen molar-refractivity contribution in [1.29, 1.82) is 0 Å². The van der Waals surface area contributed by atoms with Crippen LogP contribution in [0.5, 0.6) is 5.88 Å². The first kappa shape index (κ1) is 27.3. The van der Waals surface area contributed by atoms with Crippen LogP contribution in [0.25, 0.3) is 11.1 Å². The monoisotopic (exact) mass is 557 g/mol. The number of anilines is 1. The average Bonchev–Trinajstić information content (AvgIpc) is 2.91. The maximum atomic E-state index is 13.7. The summed E-state index contributed by atoms with van der Waals surface area (Å²) in [5.41, 5.74) is 3.10. The fourth-order valence-electron chi connectivity index (χ4n) is 4.43. The van der Waals surface area contributed by atoms with Gasteiger partial charge in [-0.3, -0.25) is 14.4 Å². The predicted molar refractivity (Wildman–Crippen MR) is 153 cm³/mol. The second kappa shape index (κ2) is 11.9. The molecule has 9 heteroatoms. The molecule has 4 aromatic rings. The summed E-state index contributed by atoms with van der Waals surface area (Å²) in [4.78, 5) is 39.8. The molecule has 1 fully saturated rings. The minimum absolute atomic E-state index is 0.110. The molecule has 0 aliphatic carbocycles. The second-order valence-corrected chi connectivity index (χ2v) is 10.2. The molecule has 0 bridgehead atoms. The quantitative estimate of drug-likeness (QED) is 0.281. The van der Waals surface area contributed by atoms with E-state index in [0.717, 1.165) is 15.8 Å². The predicted octanol–water partition coefficient (Wildman–Crippen LogP) is 5.27. The van der Waals surface area contributed by atoms with Gasteiger partial charge in [0.2, 0.25) is 11.8 Å². The minimum Gasteiger partial charge on any atom is -0.468 e. The van der Waals surface area contributed by atoms with Crippen molar-refractivity contribution < 1.29 is 19.1 Å². The van der Waals surface area contributed by atoms with Gasteiger partial charge in [0, 0.05) is 28.8 Å². The Labute approximate surface area is 236 Å². The zero-order valence-electron chi connectivity index (χ0n) is 22.1. The third-order valence-corrected chi connectivity index (χ3v) is 6.88. The maximum absolute atomic E-state index is 13.7. The van der Waals surface area contributed by atoms with Gasteiger partial charge in [0.1, 0.15) is 12.1 Å². The summed E-state index contributed by atoms with van der Waals surface area (Å²) in [7, 11) is 0. The molecular weight excluding hydrogens is 530 g/mol. The van der Waals surface area contributed by atoms with E-state index in [1.165, 1.54) is 13.0 Å². The fourth-order valence-corrected chi connectivity index (χ4v) is 4.60. The van der Waals surface area contributed by atoms with E-state index < -0.39 is 17.5 Å². The highest BCUT2D eigenvalue weighted by Gasteiger charge is 2.29. The number of nitrogens with one attached hydrogen (secondary N) is 1. The van der Waals surface area contributed by atoms with Crippen LogP contribution >= 0.6 is 11.6 Å². The fraction of sp³-hybridized carbons (Fsp3) is 0.226. The lowest BCUT2D eigenvalue weighted by molar-refractivity contribution is -0.119. The highest BCUT2D eigenvalue weighted by Crippen LogP contribution is 2.34. The number of hydrogen-bond donors (Lipinski definition) is 1. The number of Topliss-reactive ketones (excluding diaryl/α,β-unsaturated/α-hetero) is 1. The van der Waals surface area contributed by atoms with E-state index in [-0.39, 0.29) is 24.2 Å². The highest BCUT2D eigenvalue weighted by molar-refractivity contribution is 6.31. The molecule has 1 saturated heterocycles. The molecule has 5 rings (SSSR count). The van der Waals surface area contributed by atoms with Gasteiger partial charge in [-0.05, 0) is 55.3 Å². The van der Waals surface area contributed by atoms with Crippen LogP contribution in [0.4, 0.5) is 5.69 Å². The SMILES string of the molecule is CC(=O)c1ccc(Cl)cc1-c1cc(=O)n(C(Cc2ccccc2)C(=O)Nc2ccc(C)cc2)nc1OC1COC1. The van der Waals surface area contributed by atoms with E-state index in [9.17, 15) is 14.4 Å². The number of ketones is 1. The Bertz CT molecular complexity index is 1600. The van der Waals surface area contributed by atoms with Gasteiger partial charge in [0.25, 0.3) is 5.56 Å². The number of benzene rings is 3. The molecule has 3 aromatic carbocycles. The van der Waals surface area contributed by atoms with Gasteiger partial charge in [-0.2, -0.15) is 0 Å². The lowest BCUT2D eigenvalue weighted by atomic mass is 9.98. The standard InChI is InChI=1S/C31H28ClN3O5/c1-19-8-11-23(12-9-19)33-30(38)28(14-21-6-4-3-5-7-21)35-29(37)16-27(31(34-35)40-24-17-39-18-24)26-15-22(32)10-13-25(26)20(2)36/h3-13,15-16,24,28H,14,17-18H2,1-2H3,(H,33,38). The molecule has 8 nitrogen and oxygen atoms in total. The van der Waals surface area contributed by atoms with E-state index >= 15 is 0 Å². The van der Waals surface area contributed by atoms with Crippen molar-refractivity contribution in [2.24, 2.45) is 0 Å². The van der Waals surface area contributed by atoms with Crippen LogP contribution in [0.1, 0.15) is 34.5 Å². The second-order valence-electron chi connectivity index (χ2n) is 9.73. The topological polar surface area (TPSA) is 99.5 Å². The summed E-state index contributed by atoms with van der Waals surface area (Å²) in [6.45, 7) is 4.11. The molecule has 204 valence electrons. The normalized spacial score (nSPS) is 13.8. The smallest absolute Gasteiger partial charge is 0.268 e. The number of carbonyl (C=O) groups is 2. The van der Waals surface area contributed by atoms with Crippen molar-refractivity contribution in [3.63, 3.8) is 0 Å². The average molecular weight is 558 g/mol. The van der Waals surface area contributed by atoms with Crippen molar-refractivity contribution >= 4 is 29.0 Å². The van der Waals surface area contributed by atoms with Crippen LogP contribution < -0.4 is 15.6 Å². The van der Waals surface area contributed by atoms with Crippen LogP contribution in [0.15, 0.2) is 83.7 Å². The zero-order valence-corrected chi connectivity index (χ0v) is 22.9. The van der Waals surface area contributed by atoms with Crippen LogP contribution in [0, 0.1) is 6.92 Å². The zero-order chi connectivity index (χ0) is 28.2. The Morgan fingerprint density at radius 3 is 2.42 bits per heavy atom. The third-order valence-electron chi connectivity index (χ3n) is 6.65. The molecule has 1 atom stereocenters. The van der Waals surface area contributed by atoms with E-state index in [1.54, 1.807) is 30.3 Å². The summed E-state index contributed by atoms with van der Waals surface area (Å²) in [6.07, 6.45) is -0.0711. The number of aromatic nitrogens is 2. The van der Waals surface area contributed by atoms with Gasteiger partial charge in [-0.25, -0.2) is 4.68 Å². The van der Waals surface area contributed by atoms with Crippen LogP contribution in [-0.4, -0.2) is 40.8 Å². The van der Waals surface area contributed by atoms with Gasteiger partial charge in [0.05, 0.1) is 18.8 Å². The number of hydrogen-bond acceptors (Lipinski definition) is 6. The lowest BCUT2D eigenvalue weighted by Gasteiger charge is -2.28. The Morgan fingerprint density at radius 2 is 1.77 bits per heavy atom. The van der Waals surface area contributed by atoms with Gasteiger partial charge >= 0.3 is 0 Å². The summed E-state index contributed by atoms with van der Waals surface area (Å²) < 4.78 is 12.5. The molecule has 1 aliphatic rings. The summed E-state index contributed by atoms with van der Waals surface area (Å²) in [6, 6.07) is 22.0. The molecule has 0 saturated carbocycles. The van der Waals surface area contributed by atoms with Crippen LogP contribution in [0.2, 0.25) is 5.02 Å². The Hall–Kier alpha value is -4.27. The molecule has 40 heavy (non-hydrogen) atoms. The first-order valence-corrected chi connectivity index (χ1v) is 13.3. The number of nitrogens with zero attached hydrogens (tertiary/aromatic N) is 2. The molecule has 1 unspecified atom stereocenters. The Balaban J connectivity index is 1.62. The van der Waals surface area contributed by atoms with Crippen molar-refractivity contribution in [3.8, 4) is 17.0 Å². The summed E-state index contributed by atoms with van der Waals surface area (Å²) in [5, 5.41) is 7.89. The number of ether oxygens (including phenoxy) is 2. The van der Waals surface area contributed by atoms with E-state index in [2.05, 4.69) is 10.4 Å². The minimum atomic E-state index is -0.989. The lowest BCUT2D eigenvalue weighted by Crippen LogP contribution is -2.40. The van der Waals surface area contributed by atoms with Gasteiger partial charge in [-0.15, -0.1) is 5.10 Å². The van der Waals surface area contributed by atoms with E-state index in [0.29, 0.717) is 40.6 Å². The van der Waals surface area contributed by atoms with Gasteiger partial charge < -0.3 is 14.8 Å². The van der Waals surface area contributed by atoms with E-state index in [4.69, 9.17) is 21.1 Å².